The van der Waals surface area contributed by atoms with E-state index in [0.29, 0.717) is 29.9 Å². The van der Waals surface area contributed by atoms with Crippen molar-refractivity contribution in [2.45, 2.75) is 19.8 Å². The van der Waals surface area contributed by atoms with E-state index in [1.807, 2.05) is 0 Å². The quantitative estimate of drug-likeness (QED) is 0.635. The largest absolute Gasteiger partial charge is 0.465 e. The summed E-state index contributed by atoms with van der Waals surface area (Å²) in [7, 11) is 1.30. The van der Waals surface area contributed by atoms with Gasteiger partial charge in [-0.2, -0.15) is 0 Å². The van der Waals surface area contributed by atoms with Gasteiger partial charge in [0.05, 0.1) is 12.7 Å². The fraction of sp³-hybridized carbons (Fsp3) is 0.294. The molecule has 2 N–H and O–H groups in total. The number of aryl methyl sites for hydroxylation is 1. The molecule has 0 bridgehead atoms. The minimum atomic E-state index is -1.10. The molecule has 1 aromatic heterocycles. The number of carbonyl (C=O) groups excluding carboxylic acids is 3. The summed E-state index contributed by atoms with van der Waals surface area (Å²) >= 11 is 0. The van der Waals surface area contributed by atoms with Crippen LogP contribution in [0.15, 0.2) is 34.9 Å². The van der Waals surface area contributed by atoms with Crippen molar-refractivity contribution in [3.05, 3.63) is 41.7 Å². The number of benzene rings is 1. The Morgan fingerprint density at radius 1 is 1.12 bits per heavy atom. The van der Waals surface area contributed by atoms with E-state index in [4.69, 9.17) is 4.52 Å². The molecule has 1 aromatic carbocycles. The summed E-state index contributed by atoms with van der Waals surface area (Å²) in [5.74, 6) is -0.418. The van der Waals surface area contributed by atoms with Gasteiger partial charge in [0.1, 0.15) is 11.2 Å². The number of methoxy groups -OCH3 is 1. The third-order valence-corrected chi connectivity index (χ3v) is 4.05. The Morgan fingerprint density at radius 2 is 1.76 bits per heavy atom. The van der Waals surface area contributed by atoms with Gasteiger partial charge in [-0.15, -0.1) is 0 Å². The van der Waals surface area contributed by atoms with Crippen LogP contribution in [0.3, 0.4) is 0 Å². The van der Waals surface area contributed by atoms with E-state index < -0.39 is 23.2 Å². The highest BCUT2D eigenvalue weighted by Gasteiger charge is 2.56. The average molecular weight is 343 g/mol. The van der Waals surface area contributed by atoms with E-state index in [1.54, 1.807) is 37.3 Å². The highest BCUT2D eigenvalue weighted by Crippen LogP contribution is 2.47. The van der Waals surface area contributed by atoms with Crippen LogP contribution >= 0.6 is 0 Å². The van der Waals surface area contributed by atoms with Gasteiger partial charge in [-0.3, -0.25) is 9.59 Å². The van der Waals surface area contributed by atoms with E-state index in [-0.39, 0.29) is 5.82 Å². The summed E-state index contributed by atoms with van der Waals surface area (Å²) in [6.45, 7) is 1.71. The van der Waals surface area contributed by atoms with E-state index in [2.05, 4.69) is 20.5 Å². The Labute approximate surface area is 143 Å². The van der Waals surface area contributed by atoms with Gasteiger partial charge in [0, 0.05) is 11.8 Å². The van der Waals surface area contributed by atoms with Gasteiger partial charge in [-0.25, -0.2) is 4.79 Å². The number of nitrogens with zero attached hydrogens (tertiary/aromatic N) is 1. The molecule has 1 fully saturated rings. The molecule has 1 heterocycles. The van der Waals surface area contributed by atoms with E-state index >= 15 is 0 Å². The highest BCUT2D eigenvalue weighted by atomic mass is 16.5. The number of aromatic nitrogens is 1. The van der Waals surface area contributed by atoms with Crippen LogP contribution in [-0.4, -0.2) is 30.1 Å². The third kappa shape index (κ3) is 3.37. The first kappa shape index (κ1) is 16.7. The molecule has 0 unspecified atom stereocenters. The zero-order valence-electron chi connectivity index (χ0n) is 13.8. The summed E-state index contributed by atoms with van der Waals surface area (Å²) in [6.07, 6.45) is 0.920. The standard InChI is InChI=1S/C17H17N3O5/c1-10-9-13(20-25-10)19-16(23)17(7-8-17)15(22)18-12-5-3-11(4-6-12)14(21)24-2/h3-6,9H,7-8H2,1-2H3,(H,18,22)(H,19,20,23). The summed E-state index contributed by atoms with van der Waals surface area (Å²) in [5.41, 5.74) is -0.233. The predicted octanol–water partition coefficient (Wildman–Crippen LogP) is 2.13. The van der Waals surface area contributed by atoms with Gasteiger partial charge in [-0.1, -0.05) is 5.16 Å². The van der Waals surface area contributed by atoms with Crippen molar-refractivity contribution in [1.29, 1.82) is 0 Å². The molecular weight excluding hydrogens is 326 g/mol. The van der Waals surface area contributed by atoms with Gasteiger partial charge in [0.25, 0.3) is 0 Å². The van der Waals surface area contributed by atoms with Gasteiger partial charge in [0.15, 0.2) is 5.82 Å². The molecule has 1 aliphatic rings. The predicted molar refractivity (Wildman–Crippen MR) is 87.9 cm³/mol. The molecule has 0 aliphatic heterocycles. The van der Waals surface area contributed by atoms with Gasteiger partial charge in [-0.05, 0) is 44.0 Å². The molecule has 0 spiro atoms. The van der Waals surface area contributed by atoms with E-state index in [0.717, 1.165) is 0 Å². The number of hydrogen-bond acceptors (Lipinski definition) is 6. The second-order valence-electron chi connectivity index (χ2n) is 5.88. The molecule has 1 saturated carbocycles. The Morgan fingerprint density at radius 3 is 2.28 bits per heavy atom. The lowest BCUT2D eigenvalue weighted by Gasteiger charge is -2.14. The maximum Gasteiger partial charge on any atom is 0.337 e. The monoisotopic (exact) mass is 343 g/mol. The molecule has 2 amide bonds. The normalized spacial score (nSPS) is 14.5. The van der Waals surface area contributed by atoms with Crippen LogP contribution in [0.2, 0.25) is 0 Å². The number of ether oxygens (including phenoxy) is 1. The van der Waals surface area contributed by atoms with Gasteiger partial charge in [0.2, 0.25) is 11.8 Å². The maximum atomic E-state index is 12.5. The number of hydrogen-bond donors (Lipinski definition) is 2. The van der Waals surface area contributed by atoms with Crippen LogP contribution in [0.5, 0.6) is 0 Å². The zero-order chi connectivity index (χ0) is 18.0. The molecule has 2 aromatic rings. The van der Waals surface area contributed by atoms with Crippen molar-refractivity contribution >= 4 is 29.3 Å². The molecule has 1 aliphatic carbocycles. The first-order valence-electron chi connectivity index (χ1n) is 7.69. The second kappa shape index (κ2) is 6.39. The van der Waals surface area contributed by atoms with Crippen molar-refractivity contribution in [2.24, 2.45) is 5.41 Å². The highest BCUT2D eigenvalue weighted by molar-refractivity contribution is 6.16. The smallest absolute Gasteiger partial charge is 0.337 e. The number of amides is 2. The molecule has 0 atom stereocenters. The Kier molecular flexibility index (Phi) is 4.26. The molecule has 3 rings (SSSR count). The Balaban J connectivity index is 1.65. The van der Waals surface area contributed by atoms with Crippen molar-refractivity contribution in [3.8, 4) is 0 Å². The van der Waals surface area contributed by atoms with Crippen LogP contribution in [-0.2, 0) is 14.3 Å². The summed E-state index contributed by atoms with van der Waals surface area (Å²) < 4.78 is 9.51. The first-order valence-corrected chi connectivity index (χ1v) is 7.69. The number of carbonyl (C=O) groups is 3. The molecule has 8 nitrogen and oxygen atoms in total. The number of esters is 1. The fourth-order valence-corrected chi connectivity index (χ4v) is 2.40. The molecule has 8 heteroatoms. The molecule has 130 valence electrons. The van der Waals surface area contributed by atoms with Crippen LogP contribution in [0, 0.1) is 12.3 Å². The first-order chi connectivity index (χ1) is 11.9. The van der Waals surface area contributed by atoms with Crippen molar-refractivity contribution in [3.63, 3.8) is 0 Å². The SMILES string of the molecule is COC(=O)c1ccc(NC(=O)C2(C(=O)Nc3cc(C)on3)CC2)cc1. The average Bonchev–Trinajstić information content (AvgIpc) is 3.33. The van der Waals surface area contributed by atoms with Gasteiger partial charge < -0.3 is 19.9 Å². The third-order valence-electron chi connectivity index (χ3n) is 4.05. The summed E-state index contributed by atoms with van der Waals surface area (Å²) in [6, 6.07) is 7.83. The molecular formula is C17H17N3O5. The lowest BCUT2D eigenvalue weighted by atomic mass is 10.0. The van der Waals surface area contributed by atoms with Crippen molar-refractivity contribution in [2.75, 3.05) is 17.7 Å². The number of nitrogens with one attached hydrogen (secondary N) is 2. The molecule has 25 heavy (non-hydrogen) atoms. The van der Waals surface area contributed by atoms with E-state index in [1.165, 1.54) is 7.11 Å². The van der Waals surface area contributed by atoms with Crippen LogP contribution in [0.4, 0.5) is 11.5 Å². The topological polar surface area (TPSA) is 111 Å². The van der Waals surface area contributed by atoms with Crippen molar-refractivity contribution in [1.82, 2.24) is 5.16 Å². The van der Waals surface area contributed by atoms with Crippen LogP contribution < -0.4 is 10.6 Å². The zero-order valence-corrected chi connectivity index (χ0v) is 13.8. The lowest BCUT2D eigenvalue weighted by Crippen LogP contribution is -2.35. The second-order valence-corrected chi connectivity index (χ2v) is 5.88. The van der Waals surface area contributed by atoms with Crippen molar-refractivity contribution < 1.29 is 23.6 Å². The number of anilines is 2. The van der Waals surface area contributed by atoms with Crippen LogP contribution in [0.1, 0.15) is 29.0 Å². The maximum absolute atomic E-state index is 12.5. The summed E-state index contributed by atoms with van der Waals surface area (Å²) in [5, 5.41) is 9.00. The van der Waals surface area contributed by atoms with Gasteiger partial charge >= 0.3 is 5.97 Å². The summed E-state index contributed by atoms with van der Waals surface area (Å²) in [4.78, 5) is 36.3. The fourth-order valence-electron chi connectivity index (χ4n) is 2.40. The minimum Gasteiger partial charge on any atom is -0.465 e. The van der Waals surface area contributed by atoms with E-state index in [9.17, 15) is 14.4 Å². The Bertz CT molecular complexity index is 821. The number of rotatable bonds is 5. The van der Waals surface area contributed by atoms with Crippen LogP contribution in [0.25, 0.3) is 0 Å². The minimum absolute atomic E-state index is 0.281. The lowest BCUT2D eigenvalue weighted by molar-refractivity contribution is -0.131. The Hall–Kier alpha value is -3.16. The molecule has 0 saturated heterocycles. The molecule has 0 radical (unpaired) electrons.